The van der Waals surface area contributed by atoms with Gasteiger partial charge in [0.15, 0.2) is 0 Å². The molecule has 0 bridgehead atoms. The maximum Gasteiger partial charge on any atom is 0.338 e. The van der Waals surface area contributed by atoms with E-state index < -0.39 is 18.0 Å². The number of nitrogens with one attached hydrogen (secondary N) is 3. The Bertz CT molecular complexity index is 1140. The van der Waals surface area contributed by atoms with E-state index in [4.69, 9.17) is 9.47 Å². The van der Waals surface area contributed by atoms with Gasteiger partial charge in [0, 0.05) is 17.9 Å². The van der Waals surface area contributed by atoms with Gasteiger partial charge in [-0.25, -0.2) is 14.4 Å². The molecular weight excluding hydrogens is 460 g/mol. The van der Waals surface area contributed by atoms with Crippen molar-refractivity contribution in [1.82, 2.24) is 10.2 Å². The van der Waals surface area contributed by atoms with Crippen LogP contribution in [0.25, 0.3) is 0 Å². The number of hydrogen-bond donors (Lipinski definition) is 3. The average molecular weight is 495 g/mol. The van der Waals surface area contributed by atoms with Gasteiger partial charge in [0.2, 0.25) is 0 Å². The predicted molar refractivity (Wildman–Crippen MR) is 139 cm³/mol. The number of rotatable bonds is 9. The highest BCUT2D eigenvalue weighted by Crippen LogP contribution is 2.33. The van der Waals surface area contributed by atoms with E-state index in [1.807, 2.05) is 13.0 Å². The molecule has 0 saturated carbocycles. The molecule has 2 aromatic rings. The fourth-order valence-corrected chi connectivity index (χ4v) is 3.99. The topological polar surface area (TPSA) is 109 Å². The first-order valence-electron chi connectivity index (χ1n) is 12.1. The highest BCUT2D eigenvalue weighted by atomic mass is 16.5. The second-order valence-electron chi connectivity index (χ2n) is 8.75. The van der Waals surface area contributed by atoms with Gasteiger partial charge in [0.25, 0.3) is 0 Å². The summed E-state index contributed by atoms with van der Waals surface area (Å²) in [6.45, 7) is 7.87. The Morgan fingerprint density at radius 2 is 1.86 bits per heavy atom. The van der Waals surface area contributed by atoms with Crippen LogP contribution in [0.5, 0.6) is 5.75 Å². The first-order valence-corrected chi connectivity index (χ1v) is 12.1. The minimum Gasteiger partial charge on any atom is -0.495 e. The Labute approximate surface area is 211 Å². The maximum atomic E-state index is 13.1. The van der Waals surface area contributed by atoms with Crippen molar-refractivity contribution in [3.63, 3.8) is 0 Å². The molecule has 1 atom stereocenters. The third-order valence-corrected chi connectivity index (χ3v) is 5.73. The molecule has 3 rings (SSSR count). The van der Waals surface area contributed by atoms with Crippen LogP contribution in [0.3, 0.4) is 0 Å². The van der Waals surface area contributed by atoms with Gasteiger partial charge in [0.05, 0.1) is 30.5 Å². The minimum atomic E-state index is -0.722. The van der Waals surface area contributed by atoms with Crippen LogP contribution in [0.2, 0.25) is 0 Å². The quantitative estimate of drug-likeness (QED) is 0.403. The number of urea groups is 2. The second kappa shape index (κ2) is 12.1. The third-order valence-electron chi connectivity index (χ3n) is 5.73. The number of carbonyl (C=O) groups excluding carboxylic acids is 3. The van der Waals surface area contributed by atoms with Crippen LogP contribution < -0.4 is 20.7 Å². The SMILES string of the molecule is CCCCN1C(=O)NC(c2cccc(NC(=O)Nc3ccccc3OC)c2)C(C(=O)OC(C)C)=C1C. The number of esters is 1. The van der Waals surface area contributed by atoms with E-state index in [1.54, 1.807) is 68.1 Å². The lowest BCUT2D eigenvalue weighted by molar-refractivity contribution is -0.143. The Morgan fingerprint density at radius 3 is 2.56 bits per heavy atom. The van der Waals surface area contributed by atoms with Crippen molar-refractivity contribution in [3.05, 3.63) is 65.4 Å². The minimum absolute atomic E-state index is 0.278. The van der Waals surface area contributed by atoms with Crippen LogP contribution in [0.4, 0.5) is 21.0 Å². The number of para-hydroxylation sites is 2. The van der Waals surface area contributed by atoms with Gasteiger partial charge < -0.3 is 25.4 Å². The lowest BCUT2D eigenvalue weighted by Gasteiger charge is -2.35. The molecule has 192 valence electrons. The molecule has 0 fully saturated rings. The number of amides is 4. The van der Waals surface area contributed by atoms with Crippen molar-refractivity contribution < 1.29 is 23.9 Å². The van der Waals surface area contributed by atoms with E-state index in [1.165, 1.54) is 7.11 Å². The zero-order chi connectivity index (χ0) is 26.2. The van der Waals surface area contributed by atoms with Gasteiger partial charge in [-0.05, 0) is 57.0 Å². The number of nitrogens with zero attached hydrogens (tertiary/aromatic N) is 1. The van der Waals surface area contributed by atoms with Crippen LogP contribution >= 0.6 is 0 Å². The summed E-state index contributed by atoms with van der Waals surface area (Å²) in [5.41, 5.74) is 2.60. The molecule has 3 N–H and O–H groups in total. The largest absolute Gasteiger partial charge is 0.495 e. The zero-order valence-corrected chi connectivity index (χ0v) is 21.4. The molecular formula is C27H34N4O5. The average Bonchev–Trinajstić information content (AvgIpc) is 2.83. The van der Waals surface area contributed by atoms with Crippen molar-refractivity contribution >= 4 is 29.4 Å². The summed E-state index contributed by atoms with van der Waals surface area (Å²) in [5, 5.41) is 8.50. The number of carbonyl (C=O) groups is 3. The van der Waals surface area contributed by atoms with Crippen molar-refractivity contribution in [3.8, 4) is 5.75 Å². The molecule has 1 aliphatic rings. The van der Waals surface area contributed by atoms with Crippen molar-refractivity contribution in [2.24, 2.45) is 0 Å². The first kappa shape index (κ1) is 26.6. The molecule has 9 nitrogen and oxygen atoms in total. The summed E-state index contributed by atoms with van der Waals surface area (Å²) in [6, 6.07) is 12.6. The van der Waals surface area contributed by atoms with Gasteiger partial charge in [-0.1, -0.05) is 37.6 Å². The molecule has 2 aromatic carbocycles. The van der Waals surface area contributed by atoms with Crippen molar-refractivity contribution in [1.29, 1.82) is 0 Å². The Hall–Kier alpha value is -4.01. The second-order valence-corrected chi connectivity index (χ2v) is 8.75. The fourth-order valence-electron chi connectivity index (χ4n) is 3.99. The first-order chi connectivity index (χ1) is 17.2. The Balaban J connectivity index is 1.88. The van der Waals surface area contributed by atoms with E-state index in [0.717, 1.165) is 12.8 Å². The predicted octanol–water partition coefficient (Wildman–Crippen LogP) is 5.43. The van der Waals surface area contributed by atoms with Gasteiger partial charge in [0.1, 0.15) is 5.75 Å². The molecule has 0 saturated heterocycles. The number of unbranched alkanes of at least 4 members (excludes halogenated alkanes) is 1. The number of benzene rings is 2. The van der Waals surface area contributed by atoms with Crippen LogP contribution in [-0.2, 0) is 9.53 Å². The van der Waals surface area contributed by atoms with Gasteiger partial charge >= 0.3 is 18.0 Å². The number of anilines is 2. The Morgan fingerprint density at radius 1 is 1.11 bits per heavy atom. The maximum absolute atomic E-state index is 13.1. The Kier molecular flexibility index (Phi) is 8.94. The molecule has 0 radical (unpaired) electrons. The van der Waals surface area contributed by atoms with E-state index >= 15 is 0 Å². The molecule has 1 aliphatic heterocycles. The van der Waals surface area contributed by atoms with Crippen molar-refractivity contribution in [2.45, 2.75) is 52.7 Å². The van der Waals surface area contributed by atoms with Crippen LogP contribution in [0, 0.1) is 0 Å². The molecule has 4 amide bonds. The van der Waals surface area contributed by atoms with Crippen LogP contribution in [0.1, 0.15) is 52.1 Å². The third kappa shape index (κ3) is 6.35. The number of allylic oxidation sites excluding steroid dienone is 1. The fraction of sp³-hybridized carbons (Fsp3) is 0.370. The smallest absolute Gasteiger partial charge is 0.338 e. The van der Waals surface area contributed by atoms with Gasteiger partial charge in [-0.3, -0.25) is 4.90 Å². The summed E-state index contributed by atoms with van der Waals surface area (Å²) in [7, 11) is 1.53. The highest BCUT2D eigenvalue weighted by Gasteiger charge is 2.36. The number of ether oxygens (including phenoxy) is 2. The summed E-state index contributed by atoms with van der Waals surface area (Å²) >= 11 is 0. The van der Waals surface area contributed by atoms with Crippen molar-refractivity contribution in [2.75, 3.05) is 24.3 Å². The standard InChI is InChI=1S/C27H34N4O5/c1-6-7-15-31-18(4)23(25(32)36-17(2)3)24(30-27(31)34)19-11-10-12-20(16-19)28-26(33)29-21-13-8-9-14-22(21)35-5/h8-14,16-17,24H,6-7,15H2,1-5H3,(H,30,34)(H2,28,29,33). The molecule has 1 heterocycles. The lowest BCUT2D eigenvalue weighted by Crippen LogP contribution is -2.48. The number of hydrogen-bond acceptors (Lipinski definition) is 5. The highest BCUT2D eigenvalue weighted by molar-refractivity contribution is 6.01. The summed E-state index contributed by atoms with van der Waals surface area (Å²) in [6.07, 6.45) is 1.41. The van der Waals surface area contributed by atoms with E-state index in [2.05, 4.69) is 16.0 Å². The van der Waals surface area contributed by atoms with E-state index in [9.17, 15) is 14.4 Å². The van der Waals surface area contributed by atoms with E-state index in [0.29, 0.717) is 40.5 Å². The number of methoxy groups -OCH3 is 1. The summed E-state index contributed by atoms with van der Waals surface area (Å²) < 4.78 is 10.8. The zero-order valence-electron chi connectivity index (χ0n) is 21.4. The van der Waals surface area contributed by atoms with Crippen LogP contribution in [0.15, 0.2) is 59.8 Å². The van der Waals surface area contributed by atoms with Crippen LogP contribution in [-0.4, -0.2) is 42.7 Å². The van der Waals surface area contributed by atoms with E-state index in [-0.39, 0.29) is 12.1 Å². The van der Waals surface area contributed by atoms with Gasteiger partial charge in [-0.2, -0.15) is 0 Å². The molecule has 0 aliphatic carbocycles. The van der Waals surface area contributed by atoms with Gasteiger partial charge in [-0.15, -0.1) is 0 Å². The summed E-state index contributed by atoms with van der Waals surface area (Å²) in [4.78, 5) is 40.3. The monoisotopic (exact) mass is 494 g/mol. The molecule has 0 aromatic heterocycles. The molecule has 1 unspecified atom stereocenters. The molecule has 9 heteroatoms. The molecule has 0 spiro atoms. The summed E-state index contributed by atoms with van der Waals surface area (Å²) in [5.74, 6) is 0.0501. The molecule has 36 heavy (non-hydrogen) atoms. The normalized spacial score (nSPS) is 15.4. The lowest BCUT2D eigenvalue weighted by atomic mass is 9.94.